The molecule has 0 unspecified atom stereocenters. The number of hydrogen-bond donors (Lipinski definition) is 1. The fraction of sp³-hybridized carbons (Fsp3) is 0.565. The number of nitrogens with one attached hydrogen (secondary N) is 1. The van der Waals surface area contributed by atoms with Crippen LogP contribution >= 0.6 is 11.6 Å². The number of halogens is 1. The standard InChI is InChI=1S/C46H61ClN6O7S/c1-31-30-61(56,49-46(55)36-22-38(50(2)24-36)27-51-16-17-52-18-20-59-29-39(52)28-51)48-45(54)33-10-13-44-41(23-33)53(25-34-8-11-37(47)21-32(34)7-5-6-19-60-44)26-35-9-12-40(35)43(58-4)15-14-42(31)57-3/h8,10-11,13-15,21-24,31,35,39-40,42-43H,5-7,9,12,16-20,25-30H2,1-4H3,(H,48,49,54,55,56)/b15-14+/t31-,35+,39+,40-,42+,43+,61+/m1/s1. The zero-order valence-corrected chi connectivity index (χ0v) is 37.5. The van der Waals surface area contributed by atoms with Crippen LogP contribution in [0.3, 0.4) is 0 Å². The van der Waals surface area contributed by atoms with E-state index in [1.165, 1.54) is 11.1 Å². The number of carbonyl (C=O) groups is 2. The summed E-state index contributed by atoms with van der Waals surface area (Å²) in [6.45, 7) is 9.60. The molecule has 1 aliphatic carbocycles. The molecule has 4 aliphatic heterocycles. The lowest BCUT2D eigenvalue weighted by Crippen LogP contribution is -2.57. The summed E-state index contributed by atoms with van der Waals surface area (Å²) in [5, 5.41) is 0.706. The molecule has 2 amide bonds. The van der Waals surface area contributed by atoms with Gasteiger partial charge in [-0.25, -0.2) is 4.21 Å². The van der Waals surface area contributed by atoms with Gasteiger partial charge in [0.1, 0.15) is 15.7 Å². The molecule has 3 fully saturated rings. The summed E-state index contributed by atoms with van der Waals surface area (Å²) in [4.78, 5) is 35.7. The van der Waals surface area contributed by atoms with Crippen molar-refractivity contribution in [1.82, 2.24) is 19.1 Å². The number of rotatable bonds is 6. The van der Waals surface area contributed by atoms with E-state index in [1.54, 1.807) is 26.5 Å². The van der Waals surface area contributed by atoms with Crippen LogP contribution in [0.1, 0.15) is 70.1 Å². The quantitative estimate of drug-likeness (QED) is 0.289. The van der Waals surface area contributed by atoms with Crippen molar-refractivity contribution in [2.45, 2.75) is 70.4 Å². The maximum absolute atomic E-state index is 15.1. The number of benzene rings is 2. The SMILES string of the molecule is CO[C@H]1/C=C/[C@H](OC)[C@H](C)C[S@@](=O)(NC(=O)c2cc(CN3CCN4CCOC[C@@H]4C3)n(C)c2)=NC(=O)c2ccc3c(c2)N(Cc2ccc(Cl)cc2CCCCO3)C[C@@H]2CC[C@H]21. The van der Waals surface area contributed by atoms with Crippen LogP contribution in [-0.2, 0) is 50.7 Å². The Hall–Kier alpha value is -3.76. The number of carbonyl (C=O) groups excluding carboxylic acids is 2. The lowest BCUT2D eigenvalue weighted by molar-refractivity contribution is -0.0464. The third-order valence-electron chi connectivity index (χ3n) is 13.4. The lowest BCUT2D eigenvalue weighted by atomic mass is 9.70. The van der Waals surface area contributed by atoms with E-state index in [0.29, 0.717) is 54.5 Å². The van der Waals surface area contributed by atoms with Gasteiger partial charge in [0.25, 0.3) is 11.8 Å². The zero-order chi connectivity index (χ0) is 42.7. The van der Waals surface area contributed by atoms with Crippen molar-refractivity contribution in [2.24, 2.45) is 29.2 Å². The highest BCUT2D eigenvalue weighted by molar-refractivity contribution is 7.92. The van der Waals surface area contributed by atoms with Crippen molar-refractivity contribution in [2.75, 3.05) is 77.4 Å². The molecule has 0 radical (unpaired) electrons. The molecule has 5 aliphatic rings. The highest BCUT2D eigenvalue weighted by atomic mass is 35.5. The largest absolute Gasteiger partial charge is 0.491 e. The van der Waals surface area contributed by atoms with Gasteiger partial charge in [-0.2, -0.15) is 0 Å². The molecule has 7 atom stereocenters. The fourth-order valence-corrected chi connectivity index (χ4v) is 11.8. The second-order valence-corrected chi connectivity index (χ2v) is 19.9. The number of hydrogen-bond acceptors (Lipinski definition) is 10. The first-order valence-corrected chi connectivity index (χ1v) is 23.9. The van der Waals surface area contributed by atoms with E-state index in [9.17, 15) is 9.59 Å². The molecule has 3 aromatic rings. The van der Waals surface area contributed by atoms with Gasteiger partial charge in [-0.1, -0.05) is 36.7 Å². The predicted octanol–water partition coefficient (Wildman–Crippen LogP) is 6.13. The highest BCUT2D eigenvalue weighted by Crippen LogP contribution is 2.42. The number of fused-ring (bicyclic) bond motifs is 4. The smallest absolute Gasteiger partial charge is 0.286 e. The van der Waals surface area contributed by atoms with Crippen molar-refractivity contribution in [3.63, 3.8) is 0 Å². The summed E-state index contributed by atoms with van der Waals surface area (Å²) in [6.07, 6.45) is 9.84. The Morgan fingerprint density at radius 2 is 1.82 bits per heavy atom. The molecule has 61 heavy (non-hydrogen) atoms. The van der Waals surface area contributed by atoms with Crippen molar-refractivity contribution >= 4 is 39.0 Å². The number of morpholine rings is 1. The van der Waals surface area contributed by atoms with Gasteiger partial charge < -0.3 is 28.4 Å². The predicted molar refractivity (Wildman–Crippen MR) is 238 cm³/mol. The number of ether oxygens (including phenoxy) is 4. The molecule has 2 aromatic carbocycles. The van der Waals surface area contributed by atoms with Gasteiger partial charge in [-0.3, -0.25) is 24.1 Å². The van der Waals surface area contributed by atoms with Gasteiger partial charge in [0.2, 0.25) is 0 Å². The maximum atomic E-state index is 15.1. The fourth-order valence-electron chi connectivity index (χ4n) is 9.73. The number of nitrogens with zero attached hydrogens (tertiary/aromatic N) is 5. The first-order valence-electron chi connectivity index (χ1n) is 21.8. The number of piperazine rings is 1. The molecule has 2 saturated heterocycles. The zero-order valence-electron chi connectivity index (χ0n) is 35.9. The molecule has 0 spiro atoms. The lowest BCUT2D eigenvalue weighted by Gasteiger charge is -2.43. The van der Waals surface area contributed by atoms with Gasteiger partial charge in [0, 0.05) is 95.6 Å². The average molecular weight is 878 g/mol. The van der Waals surface area contributed by atoms with E-state index in [4.69, 9.17) is 30.5 Å². The Bertz CT molecular complexity index is 2220. The number of amides is 2. The van der Waals surface area contributed by atoms with Crippen molar-refractivity contribution in [1.29, 1.82) is 0 Å². The maximum Gasteiger partial charge on any atom is 0.286 e. The Morgan fingerprint density at radius 3 is 2.62 bits per heavy atom. The van der Waals surface area contributed by atoms with E-state index >= 15 is 4.21 Å². The molecule has 1 N–H and O–H groups in total. The Kier molecular flexibility index (Phi) is 13.9. The van der Waals surface area contributed by atoms with Gasteiger partial charge >= 0.3 is 0 Å². The minimum Gasteiger partial charge on any atom is -0.491 e. The van der Waals surface area contributed by atoms with Crippen LogP contribution in [0, 0.1) is 17.8 Å². The number of anilines is 1. The van der Waals surface area contributed by atoms with Crippen LogP contribution in [0.2, 0.25) is 5.02 Å². The van der Waals surface area contributed by atoms with E-state index in [0.717, 1.165) is 82.9 Å². The molecule has 1 aromatic heterocycles. The molecule has 5 heterocycles. The summed E-state index contributed by atoms with van der Waals surface area (Å²) < 4.78 is 48.5. The van der Waals surface area contributed by atoms with Crippen LogP contribution in [-0.4, -0.2) is 121 Å². The van der Waals surface area contributed by atoms with Crippen LogP contribution in [0.4, 0.5) is 5.69 Å². The van der Waals surface area contributed by atoms with E-state index in [2.05, 4.69) is 42.0 Å². The Balaban J connectivity index is 1.14. The molecule has 8 rings (SSSR count). The van der Waals surface area contributed by atoms with Crippen molar-refractivity contribution in [3.8, 4) is 5.75 Å². The van der Waals surface area contributed by atoms with E-state index < -0.39 is 33.8 Å². The molecular formula is C46H61ClN6O7S. The molecule has 1 saturated carbocycles. The van der Waals surface area contributed by atoms with Crippen molar-refractivity contribution in [3.05, 3.63) is 93.8 Å². The Morgan fingerprint density at radius 1 is 0.984 bits per heavy atom. The minimum atomic E-state index is -3.70. The molecular weight excluding hydrogens is 816 g/mol. The second-order valence-electron chi connectivity index (χ2n) is 17.5. The topological polar surface area (TPSA) is 127 Å². The average Bonchev–Trinajstić information content (AvgIpc) is 3.59. The van der Waals surface area contributed by atoms with Crippen LogP contribution in [0.15, 0.2) is 65.2 Å². The molecule has 2 bridgehead atoms. The first-order chi connectivity index (χ1) is 29.5. The third-order valence-corrected chi connectivity index (χ3v) is 15.5. The van der Waals surface area contributed by atoms with Gasteiger partial charge in [-0.05, 0) is 97.4 Å². The highest BCUT2D eigenvalue weighted by Gasteiger charge is 2.38. The number of aryl methyl sites for hydroxylation is 2. The van der Waals surface area contributed by atoms with E-state index in [1.807, 2.05) is 48.9 Å². The summed E-state index contributed by atoms with van der Waals surface area (Å²) in [5.41, 5.74) is 4.70. The Labute approximate surface area is 366 Å². The normalized spacial score (nSPS) is 29.7. The van der Waals surface area contributed by atoms with Gasteiger partial charge in [0.15, 0.2) is 0 Å². The summed E-state index contributed by atoms with van der Waals surface area (Å²) in [6, 6.07) is 13.6. The molecule has 330 valence electrons. The summed E-state index contributed by atoms with van der Waals surface area (Å²) in [5.74, 6) is -0.527. The van der Waals surface area contributed by atoms with Crippen LogP contribution in [0.5, 0.6) is 5.75 Å². The number of methoxy groups -OCH3 is 2. The van der Waals surface area contributed by atoms with Crippen molar-refractivity contribution < 1.29 is 32.7 Å². The van der Waals surface area contributed by atoms with E-state index in [-0.39, 0.29) is 23.3 Å². The van der Waals surface area contributed by atoms with Crippen LogP contribution in [0.25, 0.3) is 0 Å². The molecule has 13 nitrogen and oxygen atoms in total. The van der Waals surface area contributed by atoms with Gasteiger partial charge in [0.05, 0.1) is 49.0 Å². The summed E-state index contributed by atoms with van der Waals surface area (Å²) >= 11 is 6.52. The number of aromatic nitrogens is 1. The third kappa shape index (κ3) is 10.2. The minimum absolute atomic E-state index is 0.121. The first kappa shape index (κ1) is 43.9. The second kappa shape index (κ2) is 19.3. The molecule has 15 heteroatoms. The monoisotopic (exact) mass is 876 g/mol. The summed E-state index contributed by atoms with van der Waals surface area (Å²) in [7, 11) is 1.56. The van der Waals surface area contributed by atoms with Crippen LogP contribution < -0.4 is 14.4 Å². The van der Waals surface area contributed by atoms with Gasteiger partial charge in [-0.15, -0.1) is 4.36 Å².